The molecule has 0 amide bonds. The molecule has 8 heteroatoms. The minimum absolute atomic E-state index is 0.286. The van der Waals surface area contributed by atoms with Gasteiger partial charge in [-0.15, -0.1) is 0 Å². The maximum Gasteiger partial charge on any atom is 0.245 e. The molecule has 0 saturated heterocycles. The van der Waals surface area contributed by atoms with E-state index in [0.717, 1.165) is 35.1 Å². The predicted octanol–water partition coefficient (Wildman–Crippen LogP) is 5.69. The Hall–Kier alpha value is -3.36. The summed E-state index contributed by atoms with van der Waals surface area (Å²) in [4.78, 5) is 13.1. The molecule has 4 aromatic rings. The fraction of sp³-hybridized carbons (Fsp3) is 0.174. The summed E-state index contributed by atoms with van der Waals surface area (Å²) in [5.41, 5.74) is 2.63. The molecule has 0 radical (unpaired) electrons. The van der Waals surface area contributed by atoms with Gasteiger partial charge in [-0.3, -0.25) is 0 Å². The molecular formula is C23H19FN4O2S. The van der Waals surface area contributed by atoms with Crippen LogP contribution in [-0.4, -0.2) is 26.2 Å². The summed E-state index contributed by atoms with van der Waals surface area (Å²) in [7, 11) is 0. The molecule has 5 rings (SSSR count). The summed E-state index contributed by atoms with van der Waals surface area (Å²) in [5, 5.41) is 13.6. The normalized spacial score (nSPS) is 16.2. The summed E-state index contributed by atoms with van der Waals surface area (Å²) in [5.74, 6) is 0.134. The number of ether oxygens (including phenoxy) is 1. The first kappa shape index (κ1) is 19.6. The molecule has 0 fully saturated rings. The zero-order valence-corrected chi connectivity index (χ0v) is 17.3. The number of nitrogens with zero attached hydrogens (tertiary/aromatic N) is 3. The van der Waals surface area contributed by atoms with E-state index < -0.39 is 11.9 Å². The lowest BCUT2D eigenvalue weighted by Gasteiger charge is -2.18. The molecular weight excluding hydrogens is 415 g/mol. The van der Waals surface area contributed by atoms with E-state index >= 15 is 0 Å². The third-order valence-electron chi connectivity index (χ3n) is 5.00. The lowest BCUT2D eigenvalue weighted by Crippen LogP contribution is -2.10. The van der Waals surface area contributed by atoms with Crippen LogP contribution in [0.2, 0.25) is 0 Å². The van der Waals surface area contributed by atoms with Crippen molar-refractivity contribution in [2.24, 2.45) is 0 Å². The van der Waals surface area contributed by atoms with Crippen molar-refractivity contribution in [2.75, 3.05) is 5.32 Å². The zero-order chi connectivity index (χ0) is 21.2. The van der Waals surface area contributed by atoms with Crippen LogP contribution >= 0.6 is 11.3 Å². The highest BCUT2D eigenvalue weighted by atomic mass is 32.1. The van der Waals surface area contributed by atoms with Gasteiger partial charge in [0.2, 0.25) is 5.88 Å². The number of rotatable bonds is 5. The smallest absolute Gasteiger partial charge is 0.245 e. The van der Waals surface area contributed by atoms with E-state index in [-0.39, 0.29) is 5.88 Å². The molecule has 1 aliphatic carbocycles. The zero-order valence-electron chi connectivity index (χ0n) is 16.5. The molecule has 2 N–H and O–H groups in total. The van der Waals surface area contributed by atoms with Crippen molar-refractivity contribution in [3.8, 4) is 11.6 Å². The van der Waals surface area contributed by atoms with Gasteiger partial charge in [-0.2, -0.15) is 0 Å². The maximum absolute atomic E-state index is 14.8. The van der Waals surface area contributed by atoms with Crippen molar-refractivity contribution < 1.29 is 14.2 Å². The van der Waals surface area contributed by atoms with Gasteiger partial charge in [-0.25, -0.2) is 19.3 Å². The van der Waals surface area contributed by atoms with E-state index in [1.54, 1.807) is 24.4 Å². The third kappa shape index (κ3) is 4.26. The second-order valence-corrected chi connectivity index (χ2v) is 8.25. The summed E-state index contributed by atoms with van der Waals surface area (Å²) >= 11 is 1.46. The minimum atomic E-state index is -0.496. The van der Waals surface area contributed by atoms with E-state index in [4.69, 9.17) is 4.74 Å². The maximum atomic E-state index is 14.8. The summed E-state index contributed by atoms with van der Waals surface area (Å²) in [6, 6.07) is 12.3. The van der Waals surface area contributed by atoms with Crippen LogP contribution in [0.3, 0.4) is 0 Å². The number of anilines is 2. The third-order valence-corrected chi connectivity index (χ3v) is 5.95. The van der Waals surface area contributed by atoms with Crippen molar-refractivity contribution >= 4 is 37.9 Å². The number of para-hydroxylation sites is 1. The van der Waals surface area contributed by atoms with Crippen molar-refractivity contribution in [3.63, 3.8) is 0 Å². The highest BCUT2D eigenvalue weighted by Crippen LogP contribution is 2.34. The largest absolute Gasteiger partial charge is 0.437 e. The van der Waals surface area contributed by atoms with Gasteiger partial charge >= 0.3 is 0 Å². The lowest BCUT2D eigenvalue weighted by atomic mass is 9.95. The Bertz CT molecular complexity index is 1240. The average molecular weight is 434 g/mol. The number of hydrogen-bond acceptors (Lipinski definition) is 7. The number of hydrogen-bond donors (Lipinski definition) is 2. The van der Waals surface area contributed by atoms with Gasteiger partial charge in [-0.1, -0.05) is 29.5 Å². The molecule has 6 nitrogen and oxygen atoms in total. The van der Waals surface area contributed by atoms with E-state index in [1.807, 2.05) is 24.3 Å². The van der Waals surface area contributed by atoms with Gasteiger partial charge in [0.05, 0.1) is 22.0 Å². The van der Waals surface area contributed by atoms with Crippen molar-refractivity contribution in [1.82, 2.24) is 15.0 Å². The fourth-order valence-electron chi connectivity index (χ4n) is 3.53. The number of aromatic nitrogens is 3. The first-order valence-electron chi connectivity index (χ1n) is 9.96. The molecule has 2 aromatic heterocycles. The molecule has 31 heavy (non-hydrogen) atoms. The number of thiazole rings is 1. The molecule has 156 valence electrons. The Kier molecular flexibility index (Phi) is 5.31. The number of halogens is 1. The molecule has 0 bridgehead atoms. The predicted molar refractivity (Wildman–Crippen MR) is 119 cm³/mol. The van der Waals surface area contributed by atoms with Gasteiger partial charge in [0.15, 0.2) is 5.13 Å². The Morgan fingerprint density at radius 3 is 2.84 bits per heavy atom. The topological polar surface area (TPSA) is 80.2 Å². The van der Waals surface area contributed by atoms with Crippen molar-refractivity contribution in [2.45, 2.75) is 25.4 Å². The van der Waals surface area contributed by atoms with Gasteiger partial charge in [0.1, 0.15) is 17.3 Å². The Morgan fingerprint density at radius 2 is 2.00 bits per heavy atom. The van der Waals surface area contributed by atoms with Gasteiger partial charge in [0.25, 0.3) is 0 Å². The molecule has 0 spiro atoms. The average Bonchev–Trinajstić information content (AvgIpc) is 3.18. The van der Waals surface area contributed by atoms with Crippen LogP contribution in [0, 0.1) is 5.82 Å². The number of benzene rings is 2. The second kappa shape index (κ2) is 8.41. The second-order valence-electron chi connectivity index (χ2n) is 7.22. The quantitative estimate of drug-likeness (QED) is 0.420. The van der Waals surface area contributed by atoms with Crippen LogP contribution in [0.25, 0.3) is 15.8 Å². The molecule has 2 aromatic carbocycles. The van der Waals surface area contributed by atoms with Crippen LogP contribution in [0.5, 0.6) is 11.6 Å². The van der Waals surface area contributed by atoms with Crippen molar-refractivity contribution in [1.29, 1.82) is 0 Å². The standard InChI is InChI=1S/C23H19FN4O2S/c24-17-13-16(8-9-18(17)27-23-28-19-6-1-2-7-20(19)31-23)30-22-21(25-10-11-26-22)14-4-3-5-15(29)12-14/h1-2,6-13,15,29H,3-5H2,(H,27,28). The Balaban J connectivity index is 1.37. The first-order valence-corrected chi connectivity index (χ1v) is 10.8. The van der Waals surface area contributed by atoms with E-state index in [9.17, 15) is 9.50 Å². The number of allylic oxidation sites excluding steroid dienone is 1. The number of aliphatic hydroxyl groups excluding tert-OH is 1. The Morgan fingerprint density at radius 1 is 1.13 bits per heavy atom. The molecule has 1 unspecified atom stereocenters. The van der Waals surface area contributed by atoms with Crippen LogP contribution in [0.4, 0.5) is 15.2 Å². The Labute approximate surface area is 182 Å². The number of fused-ring (bicyclic) bond motifs is 1. The van der Waals surface area contributed by atoms with Gasteiger partial charge in [-0.05, 0) is 49.1 Å². The van der Waals surface area contributed by atoms with Crippen LogP contribution < -0.4 is 10.1 Å². The summed E-state index contributed by atoms with van der Waals surface area (Å²) in [6.45, 7) is 0. The molecule has 0 aliphatic heterocycles. The highest BCUT2D eigenvalue weighted by molar-refractivity contribution is 7.22. The van der Waals surface area contributed by atoms with Crippen LogP contribution in [0.1, 0.15) is 25.0 Å². The molecule has 2 heterocycles. The lowest BCUT2D eigenvalue weighted by molar-refractivity contribution is 0.206. The van der Waals surface area contributed by atoms with Gasteiger partial charge < -0.3 is 15.2 Å². The first-order chi connectivity index (χ1) is 15.2. The van der Waals surface area contributed by atoms with Crippen LogP contribution in [0.15, 0.2) is 60.9 Å². The summed E-state index contributed by atoms with van der Waals surface area (Å²) in [6.07, 6.45) is 6.77. The molecule has 1 atom stereocenters. The number of aliphatic hydroxyl groups is 1. The van der Waals surface area contributed by atoms with E-state index in [0.29, 0.717) is 22.3 Å². The van der Waals surface area contributed by atoms with Gasteiger partial charge in [0, 0.05) is 18.5 Å². The SMILES string of the molecule is OC1C=C(c2nccnc2Oc2ccc(Nc3nc4ccccc4s3)c(F)c2)CCC1. The number of nitrogens with one attached hydrogen (secondary N) is 1. The fourth-order valence-corrected chi connectivity index (χ4v) is 4.41. The van der Waals surface area contributed by atoms with E-state index in [1.165, 1.54) is 23.6 Å². The van der Waals surface area contributed by atoms with Crippen LogP contribution in [-0.2, 0) is 0 Å². The summed E-state index contributed by atoms with van der Waals surface area (Å²) < 4.78 is 21.6. The monoisotopic (exact) mass is 434 g/mol. The molecule has 0 saturated carbocycles. The highest BCUT2D eigenvalue weighted by Gasteiger charge is 2.18. The molecule has 1 aliphatic rings. The minimum Gasteiger partial charge on any atom is -0.437 e. The van der Waals surface area contributed by atoms with E-state index in [2.05, 4.69) is 20.3 Å². The van der Waals surface area contributed by atoms with Crippen molar-refractivity contribution in [3.05, 3.63) is 72.4 Å².